The van der Waals surface area contributed by atoms with E-state index in [0.29, 0.717) is 19.4 Å². The molecule has 0 aromatic heterocycles. The van der Waals surface area contributed by atoms with Crippen molar-refractivity contribution >= 4 is 23.7 Å². The summed E-state index contributed by atoms with van der Waals surface area (Å²) < 4.78 is 0. The van der Waals surface area contributed by atoms with Crippen molar-refractivity contribution in [2.45, 2.75) is 50.7 Å². The van der Waals surface area contributed by atoms with Crippen LogP contribution in [0.2, 0.25) is 0 Å². The number of carboxylic acid groups (broad SMARTS) is 1. The topological polar surface area (TPSA) is 128 Å². The van der Waals surface area contributed by atoms with Crippen LogP contribution in [0.15, 0.2) is 0 Å². The predicted molar refractivity (Wildman–Crippen MR) is 84.0 cm³/mol. The number of nitrogens with one attached hydrogen (secondary N) is 3. The molecular formula is C15H24N4O5. The lowest BCUT2D eigenvalue weighted by Crippen LogP contribution is -2.54. The van der Waals surface area contributed by atoms with Gasteiger partial charge in [0.05, 0.1) is 6.04 Å². The van der Waals surface area contributed by atoms with Crippen molar-refractivity contribution in [3.8, 4) is 0 Å². The van der Waals surface area contributed by atoms with E-state index in [0.717, 1.165) is 19.4 Å². The number of likely N-dealkylation sites (tertiary alicyclic amines) is 1. The highest BCUT2D eigenvalue weighted by molar-refractivity contribution is 5.94. The van der Waals surface area contributed by atoms with E-state index in [2.05, 4.69) is 16.0 Å². The first-order valence-corrected chi connectivity index (χ1v) is 8.24. The standard InChI is InChI=1S/C15H24N4O5/c1-9(18-13(22)10-4-2-6-16-10)15(24)19-7-3-5-11(19)14(23)17-8-12(20)21/h9-11,16H,2-8H2,1H3,(H,17,23)(H,18,22)(H,20,21)/t9-,10-,11-/m0/s1. The summed E-state index contributed by atoms with van der Waals surface area (Å²) in [4.78, 5) is 48.6. The molecule has 9 heteroatoms. The number of aliphatic carboxylic acids is 1. The summed E-state index contributed by atoms with van der Waals surface area (Å²) in [6.07, 6.45) is 2.83. The van der Waals surface area contributed by atoms with E-state index in [1.54, 1.807) is 6.92 Å². The fourth-order valence-corrected chi connectivity index (χ4v) is 3.12. The fraction of sp³-hybridized carbons (Fsp3) is 0.733. The van der Waals surface area contributed by atoms with Crippen LogP contribution in [0.5, 0.6) is 0 Å². The number of nitrogens with zero attached hydrogens (tertiary/aromatic N) is 1. The maximum absolute atomic E-state index is 12.5. The smallest absolute Gasteiger partial charge is 0.322 e. The van der Waals surface area contributed by atoms with Gasteiger partial charge in [-0.1, -0.05) is 0 Å². The van der Waals surface area contributed by atoms with Crippen LogP contribution in [0.25, 0.3) is 0 Å². The minimum Gasteiger partial charge on any atom is -0.480 e. The highest BCUT2D eigenvalue weighted by Gasteiger charge is 2.37. The van der Waals surface area contributed by atoms with E-state index >= 15 is 0 Å². The number of carboxylic acids is 1. The Kier molecular flexibility index (Phi) is 6.13. The monoisotopic (exact) mass is 340 g/mol. The van der Waals surface area contributed by atoms with E-state index in [4.69, 9.17) is 5.11 Å². The average molecular weight is 340 g/mol. The highest BCUT2D eigenvalue weighted by atomic mass is 16.4. The van der Waals surface area contributed by atoms with Crippen molar-refractivity contribution in [1.29, 1.82) is 0 Å². The number of carbonyl (C=O) groups excluding carboxylic acids is 3. The summed E-state index contributed by atoms with van der Waals surface area (Å²) >= 11 is 0. The minimum atomic E-state index is -1.14. The number of hydrogen-bond acceptors (Lipinski definition) is 5. The summed E-state index contributed by atoms with van der Waals surface area (Å²) in [5, 5.41) is 16.7. The first-order chi connectivity index (χ1) is 11.4. The van der Waals surface area contributed by atoms with Gasteiger partial charge in [-0.15, -0.1) is 0 Å². The number of amides is 3. The van der Waals surface area contributed by atoms with Gasteiger partial charge in [-0.2, -0.15) is 0 Å². The van der Waals surface area contributed by atoms with Gasteiger partial charge in [-0.3, -0.25) is 19.2 Å². The Labute approximate surface area is 140 Å². The second-order valence-corrected chi connectivity index (χ2v) is 6.18. The van der Waals surface area contributed by atoms with Gasteiger partial charge in [-0.25, -0.2) is 0 Å². The Morgan fingerprint density at radius 3 is 2.58 bits per heavy atom. The maximum Gasteiger partial charge on any atom is 0.322 e. The molecule has 0 radical (unpaired) electrons. The Bertz CT molecular complexity index is 518. The predicted octanol–water partition coefficient (Wildman–Crippen LogP) is -1.57. The molecule has 0 bridgehead atoms. The van der Waals surface area contributed by atoms with Crippen LogP contribution in [0, 0.1) is 0 Å². The molecule has 3 amide bonds. The quantitative estimate of drug-likeness (QED) is 0.463. The first kappa shape index (κ1) is 18.2. The van der Waals surface area contributed by atoms with Crippen LogP contribution < -0.4 is 16.0 Å². The van der Waals surface area contributed by atoms with Gasteiger partial charge in [-0.05, 0) is 39.2 Å². The number of carbonyl (C=O) groups is 4. The van der Waals surface area contributed by atoms with Gasteiger partial charge in [0, 0.05) is 6.54 Å². The van der Waals surface area contributed by atoms with Gasteiger partial charge in [0.1, 0.15) is 18.6 Å². The van der Waals surface area contributed by atoms with Gasteiger partial charge in [0.15, 0.2) is 0 Å². The molecule has 0 aromatic rings. The first-order valence-electron chi connectivity index (χ1n) is 8.24. The van der Waals surface area contributed by atoms with E-state index in [9.17, 15) is 19.2 Å². The molecule has 2 heterocycles. The van der Waals surface area contributed by atoms with Crippen molar-refractivity contribution in [3.63, 3.8) is 0 Å². The van der Waals surface area contributed by atoms with Crippen molar-refractivity contribution in [1.82, 2.24) is 20.9 Å². The van der Waals surface area contributed by atoms with Crippen LogP contribution >= 0.6 is 0 Å². The van der Waals surface area contributed by atoms with Crippen molar-refractivity contribution in [3.05, 3.63) is 0 Å². The molecule has 2 fully saturated rings. The summed E-state index contributed by atoms with van der Waals surface area (Å²) in [5.41, 5.74) is 0. The number of rotatable bonds is 6. The normalized spacial score (nSPS) is 24.5. The Morgan fingerprint density at radius 1 is 1.21 bits per heavy atom. The SMILES string of the molecule is C[C@H](NC(=O)[C@@H]1CCCN1)C(=O)N1CCC[C@H]1C(=O)NCC(=O)O. The zero-order valence-electron chi connectivity index (χ0n) is 13.7. The molecule has 24 heavy (non-hydrogen) atoms. The van der Waals surface area contributed by atoms with Crippen LogP contribution in [-0.2, 0) is 19.2 Å². The van der Waals surface area contributed by atoms with Gasteiger partial charge in [0.2, 0.25) is 17.7 Å². The summed E-state index contributed by atoms with van der Waals surface area (Å²) in [6.45, 7) is 2.33. The van der Waals surface area contributed by atoms with E-state index in [-0.39, 0.29) is 17.9 Å². The Balaban J connectivity index is 1.90. The van der Waals surface area contributed by atoms with E-state index < -0.39 is 30.5 Å². The van der Waals surface area contributed by atoms with Crippen LogP contribution in [-0.4, -0.2) is 71.5 Å². The van der Waals surface area contributed by atoms with Crippen LogP contribution in [0.4, 0.5) is 0 Å². The molecule has 2 aliphatic rings. The highest BCUT2D eigenvalue weighted by Crippen LogP contribution is 2.18. The third kappa shape index (κ3) is 4.44. The minimum absolute atomic E-state index is 0.209. The van der Waals surface area contributed by atoms with Gasteiger partial charge >= 0.3 is 5.97 Å². The van der Waals surface area contributed by atoms with Gasteiger partial charge in [0.25, 0.3) is 0 Å². The third-order valence-corrected chi connectivity index (χ3v) is 4.36. The Morgan fingerprint density at radius 2 is 1.96 bits per heavy atom. The average Bonchev–Trinajstić information content (AvgIpc) is 3.22. The van der Waals surface area contributed by atoms with Crippen molar-refractivity contribution in [2.24, 2.45) is 0 Å². The molecule has 0 saturated carbocycles. The maximum atomic E-state index is 12.5. The molecule has 0 aliphatic carbocycles. The van der Waals surface area contributed by atoms with Gasteiger partial charge < -0.3 is 26.0 Å². The molecular weight excluding hydrogens is 316 g/mol. The van der Waals surface area contributed by atoms with E-state index in [1.165, 1.54) is 4.90 Å². The number of hydrogen-bond donors (Lipinski definition) is 4. The van der Waals surface area contributed by atoms with Crippen LogP contribution in [0.3, 0.4) is 0 Å². The molecule has 4 N–H and O–H groups in total. The summed E-state index contributed by atoms with van der Waals surface area (Å²) in [7, 11) is 0. The zero-order valence-corrected chi connectivity index (χ0v) is 13.7. The second-order valence-electron chi connectivity index (χ2n) is 6.18. The second kappa shape index (κ2) is 8.09. The summed E-state index contributed by atoms with van der Waals surface area (Å²) in [5.74, 6) is -2.14. The molecule has 2 aliphatic heterocycles. The van der Waals surface area contributed by atoms with Crippen molar-refractivity contribution in [2.75, 3.05) is 19.6 Å². The molecule has 134 valence electrons. The zero-order chi connectivity index (χ0) is 17.7. The summed E-state index contributed by atoms with van der Waals surface area (Å²) in [6, 6.07) is -1.68. The Hall–Kier alpha value is -2.16. The molecule has 0 unspecified atom stereocenters. The fourth-order valence-electron chi connectivity index (χ4n) is 3.12. The molecule has 0 spiro atoms. The lowest BCUT2D eigenvalue weighted by atomic mass is 10.1. The van der Waals surface area contributed by atoms with E-state index in [1.807, 2.05) is 0 Å². The lowest BCUT2D eigenvalue weighted by molar-refractivity contribution is -0.142. The molecule has 0 aromatic carbocycles. The molecule has 2 saturated heterocycles. The molecule has 3 atom stereocenters. The molecule has 2 rings (SSSR count). The third-order valence-electron chi connectivity index (χ3n) is 4.36. The lowest BCUT2D eigenvalue weighted by Gasteiger charge is -2.27. The van der Waals surface area contributed by atoms with Crippen molar-refractivity contribution < 1.29 is 24.3 Å². The molecule has 9 nitrogen and oxygen atoms in total. The largest absolute Gasteiger partial charge is 0.480 e. The van der Waals surface area contributed by atoms with Crippen LogP contribution in [0.1, 0.15) is 32.6 Å².